The van der Waals surface area contributed by atoms with Gasteiger partial charge >= 0.3 is 0 Å². The van der Waals surface area contributed by atoms with Crippen LogP contribution < -0.4 is 5.32 Å². The number of hydrogen-bond acceptors (Lipinski definition) is 3. The zero-order chi connectivity index (χ0) is 14.8. The molecule has 110 valence electrons. The van der Waals surface area contributed by atoms with Crippen molar-refractivity contribution in [1.82, 2.24) is 9.62 Å². The Hall–Kier alpha value is -1.11. The van der Waals surface area contributed by atoms with E-state index in [0.717, 1.165) is 12.8 Å². The van der Waals surface area contributed by atoms with Gasteiger partial charge in [0.15, 0.2) is 0 Å². The topological polar surface area (TPSA) is 66.5 Å². The van der Waals surface area contributed by atoms with Crippen LogP contribution in [0.2, 0.25) is 5.02 Å². The number of amides is 1. The van der Waals surface area contributed by atoms with Crippen molar-refractivity contribution >= 4 is 27.5 Å². The number of hydrogen-bond donors (Lipinski definition) is 1. The van der Waals surface area contributed by atoms with Crippen LogP contribution in [0.3, 0.4) is 0 Å². The van der Waals surface area contributed by atoms with Crippen LogP contribution in [-0.4, -0.2) is 44.0 Å². The van der Waals surface area contributed by atoms with Gasteiger partial charge in [-0.05, 0) is 31.0 Å². The molecule has 1 aliphatic heterocycles. The fourth-order valence-electron chi connectivity index (χ4n) is 2.26. The molecule has 0 spiro atoms. The molecule has 1 fully saturated rings. The largest absolute Gasteiger partial charge is 0.348 e. The SMILES string of the molecule is CS(=O)(=O)N1CCCC(NC(=O)c2cccc(Cl)c2)C1. The van der Waals surface area contributed by atoms with Crippen LogP contribution in [0.1, 0.15) is 23.2 Å². The summed E-state index contributed by atoms with van der Waals surface area (Å²) in [6.07, 6.45) is 2.71. The number of nitrogens with zero attached hydrogens (tertiary/aromatic N) is 1. The number of halogens is 1. The van der Waals surface area contributed by atoms with Crippen molar-refractivity contribution in [3.63, 3.8) is 0 Å². The Bertz CT molecular complexity index is 603. The van der Waals surface area contributed by atoms with E-state index in [-0.39, 0.29) is 11.9 Å². The molecule has 1 aliphatic rings. The second-order valence-electron chi connectivity index (χ2n) is 4.94. The summed E-state index contributed by atoms with van der Waals surface area (Å²) < 4.78 is 24.5. The quantitative estimate of drug-likeness (QED) is 0.919. The van der Waals surface area contributed by atoms with Crippen LogP contribution in [0.25, 0.3) is 0 Å². The Kier molecular flexibility index (Phi) is 4.67. The first kappa shape index (κ1) is 15.3. The predicted molar refractivity (Wildman–Crippen MR) is 78.4 cm³/mol. The van der Waals surface area contributed by atoms with Gasteiger partial charge in [0, 0.05) is 29.7 Å². The number of rotatable bonds is 3. The van der Waals surface area contributed by atoms with E-state index in [1.807, 2.05) is 0 Å². The highest BCUT2D eigenvalue weighted by molar-refractivity contribution is 7.88. The fraction of sp³-hybridized carbons (Fsp3) is 0.462. The number of benzene rings is 1. The first-order valence-electron chi connectivity index (χ1n) is 6.38. The third-order valence-electron chi connectivity index (χ3n) is 3.28. The Morgan fingerprint density at radius 1 is 1.45 bits per heavy atom. The molecule has 1 unspecified atom stereocenters. The second-order valence-corrected chi connectivity index (χ2v) is 7.36. The minimum atomic E-state index is -3.21. The van der Waals surface area contributed by atoms with E-state index in [1.165, 1.54) is 10.6 Å². The molecule has 1 atom stereocenters. The Morgan fingerprint density at radius 3 is 2.85 bits per heavy atom. The standard InChI is InChI=1S/C13H17ClN2O3S/c1-20(18,19)16-7-3-6-12(9-16)15-13(17)10-4-2-5-11(14)8-10/h2,4-5,8,12H,3,6-7,9H2,1H3,(H,15,17). The lowest BCUT2D eigenvalue weighted by molar-refractivity contribution is 0.0921. The number of piperidine rings is 1. The third-order valence-corrected chi connectivity index (χ3v) is 4.78. The first-order valence-corrected chi connectivity index (χ1v) is 8.60. The van der Waals surface area contributed by atoms with Crippen LogP contribution in [0, 0.1) is 0 Å². The summed E-state index contributed by atoms with van der Waals surface area (Å²) in [6.45, 7) is 0.841. The van der Waals surface area contributed by atoms with Gasteiger partial charge in [-0.1, -0.05) is 17.7 Å². The molecule has 1 N–H and O–H groups in total. The summed E-state index contributed by atoms with van der Waals surface area (Å²) in [5.41, 5.74) is 0.481. The molecule has 0 aliphatic carbocycles. The van der Waals surface area contributed by atoms with E-state index >= 15 is 0 Å². The minimum absolute atomic E-state index is 0.162. The van der Waals surface area contributed by atoms with Crippen LogP contribution in [-0.2, 0) is 10.0 Å². The van der Waals surface area contributed by atoms with Crippen LogP contribution in [0.15, 0.2) is 24.3 Å². The van der Waals surface area contributed by atoms with Gasteiger partial charge in [0.2, 0.25) is 10.0 Å². The van der Waals surface area contributed by atoms with E-state index < -0.39 is 10.0 Å². The Labute approximate surface area is 124 Å². The van der Waals surface area contributed by atoms with E-state index in [2.05, 4.69) is 5.32 Å². The molecule has 0 saturated carbocycles. The van der Waals surface area contributed by atoms with E-state index in [1.54, 1.807) is 24.3 Å². The van der Waals surface area contributed by atoms with Crippen LogP contribution >= 0.6 is 11.6 Å². The van der Waals surface area contributed by atoms with Crippen LogP contribution in [0.4, 0.5) is 0 Å². The average molecular weight is 317 g/mol. The Morgan fingerprint density at radius 2 is 2.20 bits per heavy atom. The van der Waals surface area contributed by atoms with E-state index in [4.69, 9.17) is 11.6 Å². The fourth-order valence-corrected chi connectivity index (χ4v) is 3.36. The second kappa shape index (κ2) is 6.11. The molecular formula is C13H17ClN2O3S. The van der Waals surface area contributed by atoms with Gasteiger partial charge in [0.05, 0.1) is 6.26 Å². The molecule has 1 aromatic rings. The predicted octanol–water partition coefficient (Wildman–Crippen LogP) is 1.49. The van der Waals surface area contributed by atoms with Gasteiger partial charge in [0.1, 0.15) is 0 Å². The smallest absolute Gasteiger partial charge is 0.251 e. The molecule has 1 heterocycles. The van der Waals surface area contributed by atoms with Gasteiger partial charge in [-0.3, -0.25) is 4.79 Å². The van der Waals surface area contributed by atoms with Crippen molar-refractivity contribution in [3.8, 4) is 0 Å². The minimum Gasteiger partial charge on any atom is -0.348 e. The molecule has 7 heteroatoms. The zero-order valence-electron chi connectivity index (χ0n) is 11.2. The number of carbonyl (C=O) groups excluding carboxylic acids is 1. The van der Waals surface area contributed by atoms with E-state index in [0.29, 0.717) is 23.7 Å². The Balaban J connectivity index is 2.01. The molecule has 0 radical (unpaired) electrons. The molecule has 1 amide bonds. The average Bonchev–Trinajstić information content (AvgIpc) is 2.38. The molecule has 0 aromatic heterocycles. The molecule has 2 rings (SSSR count). The molecule has 5 nitrogen and oxygen atoms in total. The number of nitrogens with one attached hydrogen (secondary N) is 1. The highest BCUT2D eigenvalue weighted by Gasteiger charge is 2.26. The lowest BCUT2D eigenvalue weighted by Crippen LogP contribution is -2.49. The van der Waals surface area contributed by atoms with Crippen LogP contribution in [0.5, 0.6) is 0 Å². The highest BCUT2D eigenvalue weighted by atomic mass is 35.5. The zero-order valence-corrected chi connectivity index (χ0v) is 12.7. The summed E-state index contributed by atoms with van der Waals surface area (Å²) in [4.78, 5) is 12.1. The first-order chi connectivity index (χ1) is 9.36. The van der Waals surface area contributed by atoms with Crippen molar-refractivity contribution in [2.24, 2.45) is 0 Å². The van der Waals surface area contributed by atoms with Gasteiger partial charge in [-0.2, -0.15) is 0 Å². The molecule has 0 bridgehead atoms. The van der Waals surface area contributed by atoms with Gasteiger partial charge in [-0.15, -0.1) is 0 Å². The maximum absolute atomic E-state index is 12.1. The highest BCUT2D eigenvalue weighted by Crippen LogP contribution is 2.15. The van der Waals surface area contributed by atoms with E-state index in [9.17, 15) is 13.2 Å². The lowest BCUT2D eigenvalue weighted by atomic mass is 10.1. The summed E-state index contributed by atoms with van der Waals surface area (Å²) in [7, 11) is -3.21. The summed E-state index contributed by atoms with van der Waals surface area (Å²) in [6, 6.07) is 6.52. The van der Waals surface area contributed by atoms with Crippen molar-refractivity contribution in [1.29, 1.82) is 0 Å². The van der Waals surface area contributed by atoms with Gasteiger partial charge < -0.3 is 5.32 Å². The van der Waals surface area contributed by atoms with Crippen molar-refractivity contribution in [2.75, 3.05) is 19.3 Å². The summed E-state index contributed by atoms with van der Waals surface area (Å²) in [5.74, 6) is -0.229. The van der Waals surface area contributed by atoms with Gasteiger partial charge in [0.25, 0.3) is 5.91 Å². The summed E-state index contributed by atoms with van der Waals surface area (Å²) >= 11 is 5.85. The number of carbonyl (C=O) groups is 1. The molecule has 1 aromatic carbocycles. The molecule has 1 saturated heterocycles. The maximum Gasteiger partial charge on any atom is 0.251 e. The maximum atomic E-state index is 12.1. The normalized spacial score (nSPS) is 20.6. The van der Waals surface area contributed by atoms with Gasteiger partial charge in [-0.25, -0.2) is 12.7 Å². The number of sulfonamides is 1. The lowest BCUT2D eigenvalue weighted by Gasteiger charge is -2.31. The third kappa shape index (κ3) is 3.94. The monoisotopic (exact) mass is 316 g/mol. The van der Waals surface area contributed by atoms with Crippen molar-refractivity contribution < 1.29 is 13.2 Å². The summed E-state index contributed by atoms with van der Waals surface area (Å²) in [5, 5.41) is 3.36. The van der Waals surface area contributed by atoms with Crippen molar-refractivity contribution in [2.45, 2.75) is 18.9 Å². The molecule has 20 heavy (non-hydrogen) atoms. The molecular weight excluding hydrogens is 300 g/mol. The van der Waals surface area contributed by atoms with Crippen molar-refractivity contribution in [3.05, 3.63) is 34.9 Å².